The molecule has 5 nitrogen and oxygen atoms in total. The number of phenolic OH excluding ortho intramolecular Hbond substituents is 1. The lowest BCUT2D eigenvalue weighted by molar-refractivity contribution is -0.140. The van der Waals surface area contributed by atoms with Crippen LogP contribution in [0.1, 0.15) is 18.5 Å². The zero-order valence-corrected chi connectivity index (χ0v) is 19.5. The Morgan fingerprint density at radius 1 is 1.15 bits per heavy atom. The maximum absolute atomic E-state index is 13.4. The van der Waals surface area contributed by atoms with Crippen LogP contribution in [-0.2, 0) is 11.3 Å². The van der Waals surface area contributed by atoms with Crippen molar-refractivity contribution in [3.8, 4) is 17.6 Å². The Bertz CT molecular complexity index is 1210. The maximum atomic E-state index is 13.4. The number of thioether (sulfide) groups is 1. The molecule has 0 bridgehead atoms. The average molecular weight is 490 g/mol. The number of hydrogen-bond acceptors (Lipinski definition) is 5. The number of hydrogen-bond donors (Lipinski definition) is 3. The van der Waals surface area contributed by atoms with E-state index in [0.717, 1.165) is 23.4 Å². The van der Waals surface area contributed by atoms with Crippen molar-refractivity contribution in [3.05, 3.63) is 48.2 Å². The van der Waals surface area contributed by atoms with E-state index in [9.17, 15) is 18.3 Å². The molecule has 0 unspecified atom stereocenters. The Hall–Kier alpha value is -2.96. The molecule has 1 fully saturated rings. The lowest BCUT2D eigenvalue weighted by atomic mass is 10.1. The van der Waals surface area contributed by atoms with Crippen molar-refractivity contribution in [2.45, 2.75) is 36.5 Å². The lowest BCUT2D eigenvalue weighted by Crippen LogP contribution is -2.27. The molecular formula is C25H26F3N3O2S. The first-order chi connectivity index (χ1) is 16.3. The van der Waals surface area contributed by atoms with Gasteiger partial charge < -0.3 is 25.0 Å². The Labute approximate surface area is 200 Å². The minimum atomic E-state index is -4.38. The van der Waals surface area contributed by atoms with Gasteiger partial charge in [0.25, 0.3) is 0 Å². The Morgan fingerprint density at radius 2 is 1.94 bits per heavy atom. The summed E-state index contributed by atoms with van der Waals surface area (Å²) in [5.41, 5.74) is 2.09. The van der Waals surface area contributed by atoms with Gasteiger partial charge in [0.1, 0.15) is 12.3 Å². The number of alkyl halides is 3. The first-order valence-corrected chi connectivity index (χ1v) is 12.2. The first kappa shape index (κ1) is 24.2. The first-order valence-electron chi connectivity index (χ1n) is 11.0. The highest BCUT2D eigenvalue weighted by molar-refractivity contribution is 7.98. The minimum absolute atomic E-state index is 0.101. The van der Waals surface area contributed by atoms with E-state index in [-0.39, 0.29) is 24.0 Å². The van der Waals surface area contributed by atoms with Crippen molar-refractivity contribution >= 4 is 34.0 Å². The van der Waals surface area contributed by atoms with E-state index < -0.39 is 12.7 Å². The summed E-state index contributed by atoms with van der Waals surface area (Å²) in [5, 5.41) is 17.3. The summed E-state index contributed by atoms with van der Waals surface area (Å²) >= 11 is 1.52. The number of anilines is 2. The summed E-state index contributed by atoms with van der Waals surface area (Å²) in [5.74, 6) is 5.88. The molecule has 0 amide bonds. The van der Waals surface area contributed by atoms with Gasteiger partial charge in [-0.3, -0.25) is 0 Å². The zero-order valence-electron chi connectivity index (χ0n) is 18.7. The number of ether oxygens (including phenoxy) is 1. The third kappa shape index (κ3) is 5.93. The van der Waals surface area contributed by atoms with Crippen molar-refractivity contribution in [3.63, 3.8) is 0 Å². The Morgan fingerprint density at radius 3 is 2.65 bits per heavy atom. The second-order valence-electron chi connectivity index (χ2n) is 8.04. The predicted octanol–water partition coefficient (Wildman–Crippen LogP) is 5.69. The minimum Gasteiger partial charge on any atom is -0.506 e. The van der Waals surface area contributed by atoms with E-state index in [2.05, 4.69) is 22.5 Å². The highest BCUT2D eigenvalue weighted by atomic mass is 32.2. The third-order valence-electron chi connectivity index (χ3n) is 5.65. The van der Waals surface area contributed by atoms with Gasteiger partial charge in [0, 0.05) is 35.2 Å². The van der Waals surface area contributed by atoms with E-state index in [1.54, 1.807) is 30.3 Å². The van der Waals surface area contributed by atoms with E-state index in [4.69, 9.17) is 4.74 Å². The van der Waals surface area contributed by atoms with Crippen molar-refractivity contribution in [2.24, 2.45) is 0 Å². The molecular weight excluding hydrogens is 463 g/mol. The third-order valence-corrected chi connectivity index (χ3v) is 6.38. The fourth-order valence-electron chi connectivity index (χ4n) is 3.99. The van der Waals surface area contributed by atoms with E-state index in [1.165, 1.54) is 16.3 Å². The molecule has 3 aromatic rings. The predicted molar refractivity (Wildman–Crippen MR) is 131 cm³/mol. The topological polar surface area (TPSA) is 58.5 Å². The van der Waals surface area contributed by atoms with Gasteiger partial charge in [0.15, 0.2) is 0 Å². The van der Waals surface area contributed by atoms with E-state index in [0.29, 0.717) is 29.8 Å². The fraction of sp³-hybridized carbons (Fsp3) is 0.360. The van der Waals surface area contributed by atoms with Crippen LogP contribution in [0, 0.1) is 11.8 Å². The fourth-order valence-corrected chi connectivity index (χ4v) is 4.42. The maximum Gasteiger partial charge on any atom is 0.406 e. The van der Waals surface area contributed by atoms with Crippen LogP contribution in [0.4, 0.5) is 24.5 Å². The molecule has 1 aromatic heterocycles. The summed E-state index contributed by atoms with van der Waals surface area (Å²) in [6.45, 7) is 0.391. The van der Waals surface area contributed by atoms with E-state index in [1.807, 2.05) is 18.4 Å². The molecule has 1 aliphatic rings. The molecule has 0 atom stereocenters. The summed E-state index contributed by atoms with van der Waals surface area (Å²) in [6.07, 6.45) is -0.765. The van der Waals surface area contributed by atoms with Crippen molar-refractivity contribution in [1.29, 1.82) is 0 Å². The Balaban J connectivity index is 1.59. The number of benzene rings is 2. The van der Waals surface area contributed by atoms with Crippen LogP contribution in [-0.4, -0.2) is 47.9 Å². The normalized spacial score (nSPS) is 14.6. The average Bonchev–Trinajstić information content (AvgIpc) is 3.15. The van der Waals surface area contributed by atoms with Crippen molar-refractivity contribution in [2.75, 3.05) is 36.6 Å². The van der Waals surface area contributed by atoms with Gasteiger partial charge in [-0.15, -0.1) is 11.8 Å². The molecule has 0 saturated carbocycles. The second kappa shape index (κ2) is 10.5. The SMILES string of the molecule is CSc1ccc(NCC#Cc2cc3c(NC4CCOCC4)cccc3n2CC(F)(F)F)c(O)c1. The lowest BCUT2D eigenvalue weighted by Gasteiger charge is -2.24. The van der Waals surface area contributed by atoms with Gasteiger partial charge in [-0.25, -0.2) is 0 Å². The molecule has 1 aliphatic heterocycles. The second-order valence-corrected chi connectivity index (χ2v) is 8.92. The highest BCUT2D eigenvalue weighted by Gasteiger charge is 2.30. The highest BCUT2D eigenvalue weighted by Crippen LogP contribution is 2.31. The smallest absolute Gasteiger partial charge is 0.406 e. The van der Waals surface area contributed by atoms with Crippen LogP contribution in [0.5, 0.6) is 5.75 Å². The molecule has 0 aliphatic carbocycles. The zero-order chi connectivity index (χ0) is 24.1. The monoisotopic (exact) mass is 489 g/mol. The number of rotatable bonds is 6. The number of aromatic nitrogens is 1. The van der Waals surface area contributed by atoms with Gasteiger partial charge in [-0.05, 0) is 61.4 Å². The number of halogens is 3. The van der Waals surface area contributed by atoms with Gasteiger partial charge in [0.2, 0.25) is 0 Å². The molecule has 34 heavy (non-hydrogen) atoms. The Kier molecular flexibility index (Phi) is 7.49. The number of fused-ring (bicyclic) bond motifs is 1. The molecule has 0 radical (unpaired) electrons. The molecule has 1 saturated heterocycles. The van der Waals surface area contributed by atoms with Gasteiger partial charge in [0.05, 0.1) is 23.4 Å². The summed E-state index contributed by atoms with van der Waals surface area (Å²) in [7, 11) is 0. The quantitative estimate of drug-likeness (QED) is 0.236. The molecule has 0 spiro atoms. The standard InChI is InChI=1S/C25H26F3N3O2S/c1-34-19-7-8-22(24(32)15-19)29-11-3-4-18-14-20-21(30-17-9-12-33-13-10-17)5-2-6-23(20)31(18)16-25(26,27)28/h2,5-8,14-15,17,29-30,32H,9-13,16H2,1H3. The van der Waals surface area contributed by atoms with Gasteiger partial charge >= 0.3 is 6.18 Å². The van der Waals surface area contributed by atoms with Crippen LogP contribution in [0.15, 0.2) is 47.4 Å². The van der Waals surface area contributed by atoms with Crippen molar-refractivity contribution in [1.82, 2.24) is 4.57 Å². The largest absolute Gasteiger partial charge is 0.506 e. The molecule has 9 heteroatoms. The number of nitrogens with one attached hydrogen (secondary N) is 2. The summed E-state index contributed by atoms with van der Waals surface area (Å²) in [6, 6.07) is 12.5. The van der Waals surface area contributed by atoms with Crippen molar-refractivity contribution < 1.29 is 23.0 Å². The molecule has 4 rings (SSSR count). The number of aromatic hydroxyl groups is 1. The summed E-state index contributed by atoms with van der Waals surface area (Å²) in [4.78, 5) is 0.927. The van der Waals surface area contributed by atoms with Crippen LogP contribution in [0.25, 0.3) is 10.9 Å². The molecule has 3 N–H and O–H groups in total. The summed E-state index contributed by atoms with van der Waals surface area (Å²) < 4.78 is 46.7. The number of nitrogens with zero attached hydrogens (tertiary/aromatic N) is 1. The molecule has 2 aromatic carbocycles. The van der Waals surface area contributed by atoms with Crippen LogP contribution in [0.3, 0.4) is 0 Å². The molecule has 2 heterocycles. The van der Waals surface area contributed by atoms with Gasteiger partial charge in [-0.2, -0.15) is 13.2 Å². The van der Waals surface area contributed by atoms with Crippen LogP contribution in [0.2, 0.25) is 0 Å². The van der Waals surface area contributed by atoms with Gasteiger partial charge in [-0.1, -0.05) is 12.0 Å². The van der Waals surface area contributed by atoms with E-state index >= 15 is 0 Å². The van der Waals surface area contributed by atoms with Crippen LogP contribution >= 0.6 is 11.8 Å². The number of phenols is 1. The van der Waals surface area contributed by atoms with Crippen LogP contribution < -0.4 is 10.6 Å². The molecule has 180 valence electrons.